The van der Waals surface area contributed by atoms with E-state index >= 15 is 0 Å². The molecule has 0 fully saturated rings. The topological polar surface area (TPSA) is 97.1 Å². The van der Waals surface area contributed by atoms with Crippen molar-refractivity contribution in [2.75, 3.05) is 0 Å². The Morgan fingerprint density at radius 1 is 1.00 bits per heavy atom. The Morgan fingerprint density at radius 3 is 2.32 bits per heavy atom. The Kier molecular flexibility index (Phi) is 4.53. The lowest BCUT2D eigenvalue weighted by Gasteiger charge is -2.09. The van der Waals surface area contributed by atoms with E-state index in [1.807, 2.05) is 30.3 Å². The van der Waals surface area contributed by atoms with E-state index in [1.165, 1.54) is 0 Å². The lowest BCUT2D eigenvalue weighted by atomic mass is 9.80. The number of H-pyrrole nitrogens is 1. The first kappa shape index (κ1) is 16.7. The summed E-state index contributed by atoms with van der Waals surface area (Å²) in [5, 5.41) is 27.7. The van der Waals surface area contributed by atoms with E-state index in [2.05, 4.69) is 4.98 Å². The Morgan fingerprint density at radius 2 is 1.68 bits per heavy atom. The first-order valence-electron chi connectivity index (χ1n) is 7.70. The molecule has 0 unspecified atom stereocenters. The fraction of sp³-hybridized carbons (Fsp3) is 0.0526. The SMILES string of the molecule is Cc1cc(-c2cccc(-c3ccc(B(O)O)cc3)c2)c(C#N)c(=O)[nH]1. The van der Waals surface area contributed by atoms with Crippen LogP contribution in [0.3, 0.4) is 0 Å². The molecule has 0 spiro atoms. The van der Waals surface area contributed by atoms with Gasteiger partial charge in [0, 0.05) is 11.3 Å². The number of hydrogen-bond donors (Lipinski definition) is 3. The summed E-state index contributed by atoms with van der Waals surface area (Å²) >= 11 is 0. The fourth-order valence-corrected chi connectivity index (χ4v) is 2.74. The highest BCUT2D eigenvalue weighted by atomic mass is 16.4. The molecule has 0 saturated carbocycles. The third kappa shape index (κ3) is 3.38. The normalized spacial score (nSPS) is 10.3. The average Bonchev–Trinajstić information content (AvgIpc) is 2.61. The maximum atomic E-state index is 12.0. The molecule has 0 aliphatic heterocycles. The van der Waals surface area contributed by atoms with Crippen LogP contribution in [0.15, 0.2) is 59.4 Å². The molecule has 0 aliphatic rings. The number of aromatic amines is 1. The number of nitriles is 1. The van der Waals surface area contributed by atoms with Crippen molar-refractivity contribution in [3.63, 3.8) is 0 Å². The lowest BCUT2D eigenvalue weighted by molar-refractivity contribution is 0.426. The summed E-state index contributed by atoms with van der Waals surface area (Å²) in [6.07, 6.45) is 0. The van der Waals surface area contributed by atoms with Crippen LogP contribution < -0.4 is 11.0 Å². The summed E-state index contributed by atoms with van der Waals surface area (Å²) in [5.41, 5.74) is 3.94. The van der Waals surface area contributed by atoms with Gasteiger partial charge >= 0.3 is 7.12 Å². The van der Waals surface area contributed by atoms with Crippen molar-refractivity contribution in [1.82, 2.24) is 4.98 Å². The molecule has 6 heteroatoms. The molecule has 3 aromatic rings. The minimum Gasteiger partial charge on any atom is -0.423 e. The van der Waals surface area contributed by atoms with Gasteiger partial charge in [-0.25, -0.2) is 0 Å². The maximum absolute atomic E-state index is 12.0. The summed E-state index contributed by atoms with van der Waals surface area (Å²) in [4.78, 5) is 14.6. The van der Waals surface area contributed by atoms with Gasteiger partial charge in [0.25, 0.3) is 5.56 Å². The van der Waals surface area contributed by atoms with Crippen molar-refractivity contribution >= 4 is 12.6 Å². The molecule has 0 radical (unpaired) electrons. The monoisotopic (exact) mass is 330 g/mol. The summed E-state index contributed by atoms with van der Waals surface area (Å²) in [6.45, 7) is 1.77. The zero-order chi connectivity index (χ0) is 18.0. The molecule has 3 N–H and O–H groups in total. The van der Waals surface area contributed by atoms with Crippen LogP contribution in [0.5, 0.6) is 0 Å². The van der Waals surface area contributed by atoms with Crippen LogP contribution in [-0.4, -0.2) is 22.2 Å². The van der Waals surface area contributed by atoms with Gasteiger partial charge in [-0.3, -0.25) is 4.79 Å². The van der Waals surface area contributed by atoms with Gasteiger partial charge in [0.2, 0.25) is 0 Å². The molecular weight excluding hydrogens is 315 g/mol. The molecule has 0 atom stereocenters. The van der Waals surface area contributed by atoms with Crippen molar-refractivity contribution in [2.24, 2.45) is 0 Å². The molecule has 0 bridgehead atoms. The van der Waals surface area contributed by atoms with E-state index in [0.29, 0.717) is 16.7 Å². The van der Waals surface area contributed by atoms with E-state index in [0.717, 1.165) is 16.7 Å². The molecular formula is C19H15BN2O3. The number of nitrogens with one attached hydrogen (secondary N) is 1. The van der Waals surface area contributed by atoms with E-state index in [9.17, 15) is 20.1 Å². The largest absolute Gasteiger partial charge is 0.488 e. The van der Waals surface area contributed by atoms with E-state index in [1.54, 1.807) is 37.3 Å². The molecule has 1 aromatic heterocycles. The number of aromatic nitrogens is 1. The molecule has 5 nitrogen and oxygen atoms in total. The molecule has 0 amide bonds. The van der Waals surface area contributed by atoms with Gasteiger partial charge in [0.1, 0.15) is 11.6 Å². The van der Waals surface area contributed by atoms with Gasteiger partial charge in [-0.05, 0) is 41.2 Å². The van der Waals surface area contributed by atoms with Crippen LogP contribution in [0.2, 0.25) is 0 Å². The van der Waals surface area contributed by atoms with Gasteiger partial charge in [0.05, 0.1) is 0 Å². The predicted molar refractivity (Wildman–Crippen MR) is 97.2 cm³/mol. The van der Waals surface area contributed by atoms with Gasteiger partial charge in [-0.2, -0.15) is 5.26 Å². The Labute approximate surface area is 145 Å². The van der Waals surface area contributed by atoms with Gasteiger partial charge < -0.3 is 15.0 Å². The zero-order valence-corrected chi connectivity index (χ0v) is 13.5. The third-order valence-electron chi connectivity index (χ3n) is 4.00. The van der Waals surface area contributed by atoms with Crippen molar-refractivity contribution in [3.8, 4) is 28.3 Å². The minimum absolute atomic E-state index is 0.0847. The molecule has 25 heavy (non-hydrogen) atoms. The molecule has 122 valence electrons. The van der Waals surface area contributed by atoms with Crippen LogP contribution in [0.25, 0.3) is 22.3 Å². The highest BCUT2D eigenvalue weighted by Crippen LogP contribution is 2.27. The van der Waals surface area contributed by atoms with Crippen LogP contribution in [0.1, 0.15) is 11.3 Å². The number of benzene rings is 2. The van der Waals surface area contributed by atoms with E-state index < -0.39 is 12.7 Å². The highest BCUT2D eigenvalue weighted by Gasteiger charge is 2.12. The summed E-state index contributed by atoms with van der Waals surface area (Å²) in [7, 11) is -1.50. The van der Waals surface area contributed by atoms with Crippen molar-refractivity contribution in [1.29, 1.82) is 5.26 Å². The number of hydrogen-bond acceptors (Lipinski definition) is 4. The van der Waals surface area contributed by atoms with E-state index in [4.69, 9.17) is 0 Å². The average molecular weight is 330 g/mol. The lowest BCUT2D eigenvalue weighted by Crippen LogP contribution is -2.29. The Balaban J connectivity index is 2.09. The van der Waals surface area contributed by atoms with Crippen LogP contribution >= 0.6 is 0 Å². The summed E-state index contributed by atoms with van der Waals surface area (Å²) in [6, 6.07) is 18.2. The van der Waals surface area contributed by atoms with Gasteiger partial charge in [0.15, 0.2) is 0 Å². The Hall–Kier alpha value is -3.14. The third-order valence-corrected chi connectivity index (χ3v) is 4.00. The smallest absolute Gasteiger partial charge is 0.423 e. The van der Waals surface area contributed by atoms with E-state index in [-0.39, 0.29) is 5.56 Å². The molecule has 0 aliphatic carbocycles. The zero-order valence-electron chi connectivity index (χ0n) is 13.5. The Bertz CT molecular complexity index is 1020. The molecule has 1 heterocycles. The van der Waals surface area contributed by atoms with Gasteiger partial charge in [-0.15, -0.1) is 0 Å². The molecule has 3 rings (SSSR count). The molecule has 0 saturated heterocycles. The van der Waals surface area contributed by atoms with Crippen molar-refractivity contribution in [3.05, 3.63) is 76.2 Å². The summed E-state index contributed by atoms with van der Waals surface area (Å²) in [5.74, 6) is 0. The van der Waals surface area contributed by atoms with Gasteiger partial charge in [-0.1, -0.05) is 42.5 Å². The first-order chi connectivity index (χ1) is 12.0. The first-order valence-corrected chi connectivity index (χ1v) is 7.70. The van der Waals surface area contributed by atoms with Crippen molar-refractivity contribution < 1.29 is 10.0 Å². The van der Waals surface area contributed by atoms with Crippen LogP contribution in [0, 0.1) is 18.3 Å². The second-order valence-corrected chi connectivity index (χ2v) is 5.76. The molecule has 2 aromatic carbocycles. The number of aryl methyl sites for hydroxylation is 1. The number of pyridine rings is 1. The quantitative estimate of drug-likeness (QED) is 0.635. The summed E-state index contributed by atoms with van der Waals surface area (Å²) < 4.78 is 0. The fourth-order valence-electron chi connectivity index (χ4n) is 2.74. The van der Waals surface area contributed by atoms with Crippen molar-refractivity contribution in [2.45, 2.75) is 6.92 Å². The minimum atomic E-state index is -1.50. The standard InChI is InChI=1S/C19H15BN2O3/c1-12-9-17(18(11-21)19(23)22-12)15-4-2-3-14(10-15)13-5-7-16(8-6-13)20(24)25/h2-10,24-25H,1H3,(H,22,23). The maximum Gasteiger partial charge on any atom is 0.488 e. The predicted octanol–water partition coefficient (Wildman–Crippen LogP) is 1.57. The van der Waals surface area contributed by atoms with Crippen LogP contribution in [-0.2, 0) is 0 Å². The second-order valence-electron chi connectivity index (χ2n) is 5.76. The number of rotatable bonds is 3. The highest BCUT2D eigenvalue weighted by molar-refractivity contribution is 6.58. The second kappa shape index (κ2) is 6.77. The number of nitrogens with zero attached hydrogens (tertiary/aromatic N) is 1. The van der Waals surface area contributed by atoms with Crippen LogP contribution in [0.4, 0.5) is 0 Å².